The molecular formula is C13H24OP2S. The van der Waals surface area contributed by atoms with Crippen LogP contribution in [-0.2, 0) is 4.79 Å². The second-order valence-electron chi connectivity index (χ2n) is 3.76. The summed E-state index contributed by atoms with van der Waals surface area (Å²) in [6.07, 6.45) is 2.45. The van der Waals surface area contributed by atoms with Crippen molar-refractivity contribution in [3.05, 3.63) is 23.3 Å². The van der Waals surface area contributed by atoms with E-state index in [0.29, 0.717) is 10.5 Å². The van der Waals surface area contributed by atoms with Gasteiger partial charge in [0.05, 0.1) is 0 Å². The summed E-state index contributed by atoms with van der Waals surface area (Å²) in [4.78, 5) is 12.2. The molecule has 4 heteroatoms. The van der Waals surface area contributed by atoms with Crippen molar-refractivity contribution < 1.29 is 4.79 Å². The molecule has 0 aromatic rings. The van der Waals surface area contributed by atoms with Crippen LogP contribution in [0.3, 0.4) is 0 Å². The van der Waals surface area contributed by atoms with Gasteiger partial charge >= 0.3 is 0 Å². The zero-order valence-electron chi connectivity index (χ0n) is 11.3. The third-order valence-corrected chi connectivity index (χ3v) is 7.73. The van der Waals surface area contributed by atoms with E-state index in [0.717, 1.165) is 10.9 Å². The van der Waals surface area contributed by atoms with Crippen LogP contribution in [0.5, 0.6) is 0 Å². The molecule has 1 saturated heterocycles. The Hall–Kier alpha value is 0.360. The molecule has 1 aliphatic heterocycles. The van der Waals surface area contributed by atoms with E-state index in [1.54, 1.807) is 6.92 Å². The standard InChI is InChI=1S/C11H18OP2S.C2H6/c1-8(2)10(13)7-14(9(3)12)11-5-4-6-15-11;1-2/h7,11H,1,4-6,13H2,2-3H3;1-2H3/b10-7+;. The van der Waals surface area contributed by atoms with Crippen molar-refractivity contribution in [1.29, 1.82) is 0 Å². The zero-order chi connectivity index (χ0) is 13.4. The van der Waals surface area contributed by atoms with Crippen LogP contribution in [0.4, 0.5) is 0 Å². The molecule has 1 heterocycles. The molecule has 1 fully saturated rings. The molecule has 0 saturated carbocycles. The fourth-order valence-corrected chi connectivity index (χ4v) is 6.16. The van der Waals surface area contributed by atoms with Gasteiger partial charge in [0.1, 0.15) is 0 Å². The minimum absolute atomic E-state index is 0.339. The van der Waals surface area contributed by atoms with E-state index in [9.17, 15) is 4.79 Å². The number of thioether (sulfide) groups is 1. The molecule has 1 aliphatic rings. The van der Waals surface area contributed by atoms with Gasteiger partial charge in [0, 0.05) is 12.9 Å². The van der Waals surface area contributed by atoms with E-state index in [-0.39, 0.29) is 0 Å². The van der Waals surface area contributed by atoms with Crippen LogP contribution in [0.1, 0.15) is 40.5 Å². The maximum absolute atomic E-state index is 11.6. The Kier molecular flexibility index (Phi) is 9.51. The predicted octanol–water partition coefficient (Wildman–Crippen LogP) is 5.19. The van der Waals surface area contributed by atoms with E-state index < -0.39 is 7.92 Å². The number of rotatable bonds is 4. The van der Waals surface area contributed by atoms with Gasteiger partial charge in [-0.15, -0.1) is 9.24 Å². The first-order valence-corrected chi connectivity index (χ1v) is 9.16. The number of allylic oxidation sites excluding steroid dienone is 2. The lowest BCUT2D eigenvalue weighted by atomic mass is 10.3. The lowest BCUT2D eigenvalue weighted by molar-refractivity contribution is -0.109. The summed E-state index contributed by atoms with van der Waals surface area (Å²) >= 11 is 1.96. The molecule has 17 heavy (non-hydrogen) atoms. The molecule has 0 bridgehead atoms. The van der Waals surface area contributed by atoms with Crippen LogP contribution in [0.15, 0.2) is 23.3 Å². The quantitative estimate of drug-likeness (QED) is 0.523. The van der Waals surface area contributed by atoms with Gasteiger partial charge < -0.3 is 0 Å². The zero-order valence-corrected chi connectivity index (χ0v) is 14.2. The Morgan fingerprint density at radius 3 is 2.41 bits per heavy atom. The highest BCUT2D eigenvalue weighted by Gasteiger charge is 2.27. The molecule has 3 unspecified atom stereocenters. The van der Waals surface area contributed by atoms with Crippen molar-refractivity contribution in [2.24, 2.45) is 0 Å². The number of carbonyl (C=O) groups is 1. The summed E-state index contributed by atoms with van der Waals surface area (Å²) in [6, 6.07) is 0. The number of hydrogen-bond acceptors (Lipinski definition) is 2. The molecule has 0 aliphatic carbocycles. The van der Waals surface area contributed by atoms with E-state index >= 15 is 0 Å². The Bertz CT molecular complexity index is 294. The summed E-state index contributed by atoms with van der Waals surface area (Å²) in [7, 11) is 2.07. The van der Waals surface area contributed by atoms with Crippen molar-refractivity contribution in [3.63, 3.8) is 0 Å². The molecule has 0 aromatic carbocycles. The normalized spacial score (nSPS) is 21.5. The average Bonchev–Trinajstić information content (AvgIpc) is 2.80. The molecule has 98 valence electrons. The molecule has 0 radical (unpaired) electrons. The molecule has 0 amide bonds. The second-order valence-corrected chi connectivity index (χ2v) is 8.37. The minimum atomic E-state index is -0.612. The maximum atomic E-state index is 11.6. The summed E-state index contributed by atoms with van der Waals surface area (Å²) in [6.45, 7) is 11.6. The van der Waals surface area contributed by atoms with E-state index in [2.05, 4.69) is 21.6 Å². The topological polar surface area (TPSA) is 17.1 Å². The minimum Gasteiger partial charge on any atom is -0.295 e. The SMILES string of the molecule is C=C(C)/C(P)=C\P(C(C)=O)C1CCCS1.CC. The van der Waals surface area contributed by atoms with Gasteiger partial charge in [-0.2, -0.15) is 11.8 Å². The molecular weight excluding hydrogens is 266 g/mol. The van der Waals surface area contributed by atoms with Gasteiger partial charge in [-0.1, -0.05) is 26.0 Å². The molecule has 0 spiro atoms. The van der Waals surface area contributed by atoms with Crippen LogP contribution < -0.4 is 0 Å². The first kappa shape index (κ1) is 17.4. The summed E-state index contributed by atoms with van der Waals surface area (Å²) in [5.41, 5.74) is 1.38. The summed E-state index contributed by atoms with van der Waals surface area (Å²) < 4.78 is 0. The largest absolute Gasteiger partial charge is 0.295 e. The Morgan fingerprint density at radius 2 is 2.06 bits per heavy atom. The van der Waals surface area contributed by atoms with Crippen LogP contribution in [0.2, 0.25) is 0 Å². The number of carbonyl (C=O) groups excluding carboxylic acids is 1. The van der Waals surface area contributed by atoms with Crippen LogP contribution in [0, 0.1) is 0 Å². The third kappa shape index (κ3) is 6.18. The van der Waals surface area contributed by atoms with Gasteiger partial charge in [0.15, 0.2) is 5.52 Å². The summed E-state index contributed by atoms with van der Waals surface area (Å²) in [5, 5.41) is 1.10. The summed E-state index contributed by atoms with van der Waals surface area (Å²) in [5.74, 6) is 3.34. The fraction of sp³-hybridized carbons (Fsp3) is 0.615. The predicted molar refractivity (Wildman–Crippen MR) is 87.0 cm³/mol. The van der Waals surface area contributed by atoms with Crippen molar-refractivity contribution in [2.45, 2.75) is 45.5 Å². The van der Waals surface area contributed by atoms with E-state index in [1.165, 1.54) is 18.6 Å². The molecule has 0 N–H and O–H groups in total. The lowest BCUT2D eigenvalue weighted by Crippen LogP contribution is -1.99. The van der Waals surface area contributed by atoms with Gasteiger partial charge in [0.25, 0.3) is 0 Å². The smallest absolute Gasteiger partial charge is 0.156 e. The first-order chi connectivity index (χ1) is 8.02. The van der Waals surface area contributed by atoms with E-state index in [4.69, 9.17) is 0 Å². The van der Waals surface area contributed by atoms with Crippen molar-refractivity contribution in [1.82, 2.24) is 0 Å². The van der Waals surface area contributed by atoms with Gasteiger partial charge in [-0.25, -0.2) is 0 Å². The fourth-order valence-electron chi connectivity index (χ4n) is 1.42. The lowest BCUT2D eigenvalue weighted by Gasteiger charge is -2.17. The van der Waals surface area contributed by atoms with E-state index in [1.807, 2.05) is 32.5 Å². The van der Waals surface area contributed by atoms with Crippen molar-refractivity contribution >= 4 is 34.4 Å². The van der Waals surface area contributed by atoms with Gasteiger partial charge in [0.2, 0.25) is 0 Å². The number of hydrogen-bond donors (Lipinski definition) is 0. The average molecular weight is 290 g/mol. The Labute approximate surface area is 114 Å². The molecule has 0 aromatic heterocycles. The van der Waals surface area contributed by atoms with Crippen molar-refractivity contribution in [2.75, 3.05) is 5.75 Å². The maximum Gasteiger partial charge on any atom is 0.156 e. The molecule has 1 rings (SSSR count). The first-order valence-electron chi connectivity index (χ1n) is 6.06. The van der Waals surface area contributed by atoms with Crippen LogP contribution >= 0.6 is 28.9 Å². The highest BCUT2D eigenvalue weighted by Crippen LogP contribution is 2.55. The van der Waals surface area contributed by atoms with Gasteiger partial charge in [-0.3, -0.25) is 4.79 Å². The highest BCUT2D eigenvalue weighted by molar-refractivity contribution is 8.08. The Balaban J connectivity index is 0.00000121. The highest BCUT2D eigenvalue weighted by atomic mass is 32.2. The van der Waals surface area contributed by atoms with Crippen LogP contribution in [0.25, 0.3) is 0 Å². The molecule has 3 atom stereocenters. The second kappa shape index (κ2) is 9.31. The molecule has 1 nitrogen and oxygen atoms in total. The monoisotopic (exact) mass is 290 g/mol. The van der Waals surface area contributed by atoms with Crippen molar-refractivity contribution in [3.8, 4) is 0 Å². The van der Waals surface area contributed by atoms with Gasteiger partial charge in [-0.05, 0) is 43.6 Å². The van der Waals surface area contributed by atoms with Crippen LogP contribution in [-0.4, -0.2) is 16.3 Å². The third-order valence-electron chi connectivity index (χ3n) is 2.35. The Morgan fingerprint density at radius 1 is 1.47 bits per heavy atom.